The second kappa shape index (κ2) is 4.81. The molecule has 1 aromatic carbocycles. The summed E-state index contributed by atoms with van der Waals surface area (Å²) >= 11 is 0. The van der Waals surface area contributed by atoms with Crippen molar-refractivity contribution in [2.24, 2.45) is 0 Å². The number of ether oxygens (including phenoxy) is 1. The van der Waals surface area contributed by atoms with E-state index in [1.807, 2.05) is 38.1 Å². The molecule has 0 radical (unpaired) electrons. The molecule has 1 heterocycles. The van der Waals surface area contributed by atoms with E-state index in [2.05, 4.69) is 6.07 Å². The summed E-state index contributed by atoms with van der Waals surface area (Å²) in [5.41, 5.74) is 3.53. The Bertz CT molecular complexity index is 391. The molecule has 2 atom stereocenters. The SMILES string of the molecule is CC(C)=CC(O)C1OCCc2ccccc21. The van der Waals surface area contributed by atoms with E-state index in [1.54, 1.807) is 0 Å². The lowest BCUT2D eigenvalue weighted by atomic mass is 9.94. The van der Waals surface area contributed by atoms with Gasteiger partial charge in [-0.2, -0.15) is 0 Å². The van der Waals surface area contributed by atoms with Crippen LogP contribution in [-0.2, 0) is 11.2 Å². The third-order valence-corrected chi connectivity index (χ3v) is 2.84. The molecule has 0 amide bonds. The average molecular weight is 218 g/mol. The Morgan fingerprint density at radius 2 is 2.19 bits per heavy atom. The first-order valence-corrected chi connectivity index (χ1v) is 5.71. The number of aliphatic hydroxyl groups excluding tert-OH is 1. The maximum absolute atomic E-state index is 10.1. The van der Waals surface area contributed by atoms with Gasteiger partial charge >= 0.3 is 0 Å². The predicted molar refractivity (Wildman–Crippen MR) is 64.3 cm³/mol. The van der Waals surface area contributed by atoms with Crippen molar-refractivity contribution in [3.63, 3.8) is 0 Å². The van der Waals surface area contributed by atoms with Gasteiger partial charge in [0.1, 0.15) is 12.2 Å². The van der Waals surface area contributed by atoms with Crippen molar-refractivity contribution in [3.05, 3.63) is 47.0 Å². The highest BCUT2D eigenvalue weighted by Crippen LogP contribution is 2.30. The zero-order chi connectivity index (χ0) is 11.5. The van der Waals surface area contributed by atoms with Crippen LogP contribution in [0.15, 0.2) is 35.9 Å². The molecule has 2 unspecified atom stereocenters. The smallest absolute Gasteiger partial charge is 0.112 e. The van der Waals surface area contributed by atoms with Crippen LogP contribution in [0, 0.1) is 0 Å². The Labute approximate surface area is 96.6 Å². The van der Waals surface area contributed by atoms with Gasteiger partial charge in [0.2, 0.25) is 0 Å². The third kappa shape index (κ3) is 2.34. The Morgan fingerprint density at radius 3 is 2.94 bits per heavy atom. The molecule has 0 aliphatic carbocycles. The van der Waals surface area contributed by atoms with E-state index >= 15 is 0 Å². The first kappa shape index (κ1) is 11.4. The first-order valence-electron chi connectivity index (χ1n) is 5.71. The fourth-order valence-corrected chi connectivity index (χ4v) is 2.14. The van der Waals surface area contributed by atoms with Gasteiger partial charge in [0.15, 0.2) is 0 Å². The summed E-state index contributed by atoms with van der Waals surface area (Å²) in [6, 6.07) is 8.19. The van der Waals surface area contributed by atoms with E-state index in [-0.39, 0.29) is 6.10 Å². The van der Waals surface area contributed by atoms with Gasteiger partial charge < -0.3 is 9.84 Å². The number of aliphatic hydroxyl groups is 1. The van der Waals surface area contributed by atoms with Gasteiger partial charge in [0.25, 0.3) is 0 Å². The minimum absolute atomic E-state index is 0.208. The lowest BCUT2D eigenvalue weighted by Gasteiger charge is -2.28. The Hall–Kier alpha value is -1.12. The molecule has 1 aliphatic heterocycles. The first-order chi connectivity index (χ1) is 7.68. The van der Waals surface area contributed by atoms with Gasteiger partial charge in [-0.15, -0.1) is 0 Å². The van der Waals surface area contributed by atoms with E-state index in [4.69, 9.17) is 4.74 Å². The maximum atomic E-state index is 10.1. The lowest BCUT2D eigenvalue weighted by molar-refractivity contribution is -0.0272. The molecule has 0 spiro atoms. The number of benzene rings is 1. The van der Waals surface area contributed by atoms with E-state index in [0.717, 1.165) is 17.6 Å². The van der Waals surface area contributed by atoms with Gasteiger partial charge in [-0.3, -0.25) is 0 Å². The largest absolute Gasteiger partial charge is 0.386 e. The quantitative estimate of drug-likeness (QED) is 0.773. The lowest BCUT2D eigenvalue weighted by Crippen LogP contribution is -2.25. The van der Waals surface area contributed by atoms with Crippen molar-refractivity contribution >= 4 is 0 Å². The van der Waals surface area contributed by atoms with E-state index < -0.39 is 6.10 Å². The monoisotopic (exact) mass is 218 g/mol. The zero-order valence-electron chi connectivity index (χ0n) is 9.81. The molecule has 0 saturated carbocycles. The van der Waals surface area contributed by atoms with E-state index in [1.165, 1.54) is 5.56 Å². The molecule has 1 aromatic rings. The molecule has 0 fully saturated rings. The molecule has 2 rings (SSSR count). The van der Waals surface area contributed by atoms with Crippen molar-refractivity contribution < 1.29 is 9.84 Å². The van der Waals surface area contributed by atoms with Crippen molar-refractivity contribution in [3.8, 4) is 0 Å². The van der Waals surface area contributed by atoms with Crippen LogP contribution in [0.25, 0.3) is 0 Å². The van der Waals surface area contributed by atoms with Crippen LogP contribution < -0.4 is 0 Å². The van der Waals surface area contributed by atoms with Gasteiger partial charge in [0.05, 0.1) is 6.61 Å². The molecule has 1 N–H and O–H groups in total. The summed E-state index contributed by atoms with van der Waals surface area (Å²) in [6.07, 6.45) is 2.03. The van der Waals surface area contributed by atoms with Crippen LogP contribution in [0.5, 0.6) is 0 Å². The highest BCUT2D eigenvalue weighted by atomic mass is 16.5. The van der Waals surface area contributed by atoms with Crippen LogP contribution in [0.4, 0.5) is 0 Å². The molecule has 16 heavy (non-hydrogen) atoms. The normalized spacial score (nSPS) is 21.1. The Balaban J connectivity index is 2.28. The fourth-order valence-electron chi connectivity index (χ4n) is 2.14. The van der Waals surface area contributed by atoms with Crippen LogP contribution >= 0.6 is 0 Å². The van der Waals surface area contributed by atoms with Crippen molar-refractivity contribution in [1.82, 2.24) is 0 Å². The Kier molecular flexibility index (Phi) is 3.42. The second-order valence-electron chi connectivity index (χ2n) is 4.47. The molecule has 2 nitrogen and oxygen atoms in total. The van der Waals surface area contributed by atoms with Crippen LogP contribution in [0.1, 0.15) is 31.1 Å². The van der Waals surface area contributed by atoms with E-state index in [9.17, 15) is 5.11 Å². The summed E-state index contributed by atoms with van der Waals surface area (Å²) < 4.78 is 5.67. The topological polar surface area (TPSA) is 29.5 Å². The molecular formula is C14H18O2. The summed E-state index contributed by atoms with van der Waals surface area (Å²) in [4.78, 5) is 0. The standard InChI is InChI=1S/C14H18O2/c1-10(2)9-13(15)14-12-6-4-3-5-11(12)7-8-16-14/h3-6,9,13-15H,7-8H2,1-2H3. The van der Waals surface area contributed by atoms with Gasteiger partial charge in [-0.05, 0) is 31.4 Å². The average Bonchev–Trinajstić information content (AvgIpc) is 2.27. The van der Waals surface area contributed by atoms with Crippen molar-refractivity contribution in [2.45, 2.75) is 32.5 Å². The molecule has 0 saturated heterocycles. The summed E-state index contributed by atoms with van der Waals surface area (Å²) in [6.45, 7) is 4.66. The minimum Gasteiger partial charge on any atom is -0.386 e. The van der Waals surface area contributed by atoms with Crippen molar-refractivity contribution in [2.75, 3.05) is 6.61 Å². The zero-order valence-corrected chi connectivity index (χ0v) is 9.81. The molecule has 1 aliphatic rings. The second-order valence-corrected chi connectivity index (χ2v) is 4.47. The fraction of sp³-hybridized carbons (Fsp3) is 0.429. The van der Waals surface area contributed by atoms with Crippen LogP contribution in [0.2, 0.25) is 0 Å². The summed E-state index contributed by atoms with van der Waals surface area (Å²) in [7, 11) is 0. The maximum Gasteiger partial charge on any atom is 0.112 e. The third-order valence-electron chi connectivity index (χ3n) is 2.84. The number of allylic oxidation sites excluding steroid dienone is 1. The van der Waals surface area contributed by atoms with E-state index in [0.29, 0.717) is 6.61 Å². The molecule has 0 bridgehead atoms. The summed E-state index contributed by atoms with van der Waals surface area (Å²) in [5.74, 6) is 0. The molecule has 2 heteroatoms. The molecule has 0 aromatic heterocycles. The van der Waals surface area contributed by atoms with Gasteiger partial charge in [-0.1, -0.05) is 35.9 Å². The number of hydrogen-bond donors (Lipinski definition) is 1. The Morgan fingerprint density at radius 1 is 1.44 bits per heavy atom. The van der Waals surface area contributed by atoms with Crippen molar-refractivity contribution in [1.29, 1.82) is 0 Å². The predicted octanol–water partition coefficient (Wildman–Crippen LogP) is 2.63. The molecule has 86 valence electrons. The highest BCUT2D eigenvalue weighted by Gasteiger charge is 2.25. The minimum atomic E-state index is -0.550. The number of rotatable bonds is 2. The summed E-state index contributed by atoms with van der Waals surface area (Å²) in [5, 5.41) is 10.1. The molecular weight excluding hydrogens is 200 g/mol. The van der Waals surface area contributed by atoms with Crippen LogP contribution in [0.3, 0.4) is 0 Å². The number of fused-ring (bicyclic) bond motifs is 1. The van der Waals surface area contributed by atoms with Gasteiger partial charge in [0, 0.05) is 0 Å². The highest BCUT2D eigenvalue weighted by molar-refractivity contribution is 5.32. The van der Waals surface area contributed by atoms with Crippen LogP contribution in [-0.4, -0.2) is 17.8 Å². The van der Waals surface area contributed by atoms with Gasteiger partial charge in [-0.25, -0.2) is 0 Å². The number of hydrogen-bond acceptors (Lipinski definition) is 2.